The molecule has 1 fully saturated rings. The van der Waals surface area contributed by atoms with E-state index in [0.717, 1.165) is 23.5 Å². The minimum absolute atomic E-state index is 0.810. The highest BCUT2D eigenvalue weighted by Gasteiger charge is 2.41. The summed E-state index contributed by atoms with van der Waals surface area (Å²) in [7, 11) is 1.77. The number of aryl methyl sites for hydroxylation is 1. The number of methoxy groups -OCH3 is 1. The van der Waals surface area contributed by atoms with Crippen molar-refractivity contribution in [3.63, 3.8) is 0 Å². The van der Waals surface area contributed by atoms with Crippen LogP contribution in [-0.2, 0) is 6.42 Å². The van der Waals surface area contributed by atoms with Crippen LogP contribution in [0.5, 0.6) is 5.75 Å². The summed E-state index contributed by atoms with van der Waals surface area (Å²) in [6, 6.07) is 6.78. The molecule has 0 saturated heterocycles. The van der Waals surface area contributed by atoms with Crippen molar-refractivity contribution in [1.29, 1.82) is 0 Å². The van der Waals surface area contributed by atoms with Gasteiger partial charge in [-0.05, 0) is 86.5 Å². The summed E-state index contributed by atoms with van der Waals surface area (Å²) in [6.07, 6.45) is 8.13. The fraction of sp³-hybridized carbons (Fsp3) is 0.579. The molecule has 0 radical (unpaired) electrons. The van der Waals surface area contributed by atoms with Crippen LogP contribution in [0.15, 0.2) is 29.3 Å². The Labute approximate surface area is 122 Å². The van der Waals surface area contributed by atoms with Crippen LogP contribution < -0.4 is 4.74 Å². The number of fused-ring (bicyclic) bond motifs is 5. The minimum atomic E-state index is 0.810. The zero-order chi connectivity index (χ0) is 13.7. The van der Waals surface area contributed by atoms with E-state index in [1.54, 1.807) is 23.8 Å². The highest BCUT2D eigenvalue weighted by molar-refractivity contribution is 5.42. The lowest BCUT2D eigenvalue weighted by molar-refractivity contribution is 0.233. The molecule has 0 bridgehead atoms. The van der Waals surface area contributed by atoms with Crippen LogP contribution in [0.3, 0.4) is 0 Å². The zero-order valence-electron chi connectivity index (χ0n) is 12.6. The molecule has 0 heterocycles. The fourth-order valence-electron chi connectivity index (χ4n) is 5.10. The topological polar surface area (TPSA) is 9.23 Å². The summed E-state index contributed by atoms with van der Waals surface area (Å²) in [5.74, 6) is 3.65. The third kappa shape index (κ3) is 1.75. The summed E-state index contributed by atoms with van der Waals surface area (Å²) in [6.45, 7) is 2.37. The van der Waals surface area contributed by atoms with Crippen molar-refractivity contribution < 1.29 is 4.74 Å². The third-order valence-electron chi connectivity index (χ3n) is 6.08. The lowest BCUT2D eigenvalue weighted by Crippen LogP contribution is -2.31. The van der Waals surface area contributed by atoms with Crippen LogP contribution in [0, 0.1) is 11.8 Å². The van der Waals surface area contributed by atoms with Crippen molar-refractivity contribution in [3.05, 3.63) is 40.5 Å². The van der Waals surface area contributed by atoms with Gasteiger partial charge in [0, 0.05) is 0 Å². The lowest BCUT2D eigenvalue weighted by atomic mass is 9.62. The van der Waals surface area contributed by atoms with Crippen molar-refractivity contribution in [2.75, 3.05) is 7.11 Å². The molecule has 0 aromatic heterocycles. The molecule has 0 amide bonds. The molecular formula is C19H24O. The lowest BCUT2D eigenvalue weighted by Gasteiger charge is -2.42. The van der Waals surface area contributed by atoms with E-state index in [4.69, 9.17) is 4.74 Å². The van der Waals surface area contributed by atoms with E-state index in [9.17, 15) is 0 Å². The van der Waals surface area contributed by atoms with E-state index in [2.05, 4.69) is 25.1 Å². The third-order valence-corrected chi connectivity index (χ3v) is 6.08. The van der Waals surface area contributed by atoms with Crippen LogP contribution in [0.25, 0.3) is 0 Å². The van der Waals surface area contributed by atoms with Gasteiger partial charge in [0.1, 0.15) is 5.75 Å². The largest absolute Gasteiger partial charge is 0.497 e. The van der Waals surface area contributed by atoms with Gasteiger partial charge >= 0.3 is 0 Å². The SMILES string of the molecule is COc1ccc2c(c1)CC[C@@H]1[C@H]3CCC(C)=C3CC[C@@H]21. The molecule has 1 heteroatoms. The van der Waals surface area contributed by atoms with Gasteiger partial charge in [-0.1, -0.05) is 17.2 Å². The molecule has 3 aliphatic carbocycles. The van der Waals surface area contributed by atoms with Gasteiger partial charge in [-0.25, -0.2) is 0 Å². The first-order chi connectivity index (χ1) is 9.78. The molecule has 1 aromatic carbocycles. The van der Waals surface area contributed by atoms with E-state index in [-0.39, 0.29) is 0 Å². The van der Waals surface area contributed by atoms with Crippen molar-refractivity contribution in [2.24, 2.45) is 11.8 Å². The second-order valence-corrected chi connectivity index (χ2v) is 6.86. The Morgan fingerprint density at radius 1 is 1.00 bits per heavy atom. The van der Waals surface area contributed by atoms with Gasteiger partial charge in [0.25, 0.3) is 0 Å². The Morgan fingerprint density at radius 3 is 2.70 bits per heavy atom. The number of hydrogen-bond donors (Lipinski definition) is 0. The molecule has 106 valence electrons. The molecule has 4 rings (SSSR count). The quantitative estimate of drug-likeness (QED) is 0.661. The molecular weight excluding hydrogens is 244 g/mol. The molecule has 0 unspecified atom stereocenters. The zero-order valence-corrected chi connectivity index (χ0v) is 12.6. The van der Waals surface area contributed by atoms with E-state index in [0.29, 0.717) is 0 Å². The van der Waals surface area contributed by atoms with Crippen LogP contribution in [0.2, 0.25) is 0 Å². The minimum Gasteiger partial charge on any atom is -0.497 e. The number of allylic oxidation sites excluding steroid dienone is 2. The summed E-state index contributed by atoms with van der Waals surface area (Å²) in [5.41, 5.74) is 6.73. The molecule has 0 aliphatic heterocycles. The van der Waals surface area contributed by atoms with E-state index < -0.39 is 0 Å². The van der Waals surface area contributed by atoms with Gasteiger partial charge in [0.05, 0.1) is 7.11 Å². The van der Waals surface area contributed by atoms with Gasteiger partial charge in [0.15, 0.2) is 0 Å². The molecule has 20 heavy (non-hydrogen) atoms. The molecule has 3 atom stereocenters. The van der Waals surface area contributed by atoms with Crippen LogP contribution in [0.1, 0.15) is 56.1 Å². The Kier molecular flexibility index (Phi) is 2.90. The molecule has 3 aliphatic rings. The average Bonchev–Trinajstić information content (AvgIpc) is 2.88. The summed E-state index contributed by atoms with van der Waals surface area (Å²) in [4.78, 5) is 0. The van der Waals surface area contributed by atoms with Crippen molar-refractivity contribution in [3.8, 4) is 5.75 Å². The maximum Gasteiger partial charge on any atom is 0.119 e. The van der Waals surface area contributed by atoms with Crippen LogP contribution in [-0.4, -0.2) is 7.11 Å². The Morgan fingerprint density at radius 2 is 1.85 bits per heavy atom. The van der Waals surface area contributed by atoms with Gasteiger partial charge < -0.3 is 4.74 Å². The number of ether oxygens (including phenoxy) is 1. The first-order valence-corrected chi connectivity index (χ1v) is 8.13. The average molecular weight is 268 g/mol. The maximum atomic E-state index is 5.39. The first kappa shape index (κ1) is 12.5. The summed E-state index contributed by atoms with van der Waals surface area (Å²) >= 11 is 0. The highest BCUT2D eigenvalue weighted by Crippen LogP contribution is 2.54. The van der Waals surface area contributed by atoms with Gasteiger partial charge in [-0.2, -0.15) is 0 Å². The van der Waals surface area contributed by atoms with E-state index in [1.165, 1.54) is 38.5 Å². The van der Waals surface area contributed by atoms with Gasteiger partial charge in [-0.3, -0.25) is 0 Å². The van der Waals surface area contributed by atoms with Crippen LogP contribution >= 0.6 is 0 Å². The second-order valence-electron chi connectivity index (χ2n) is 6.86. The van der Waals surface area contributed by atoms with E-state index in [1.807, 2.05) is 5.57 Å². The second kappa shape index (κ2) is 4.65. The predicted octanol–water partition coefficient (Wildman–Crippen LogP) is 4.86. The number of hydrogen-bond acceptors (Lipinski definition) is 1. The highest BCUT2D eigenvalue weighted by atomic mass is 16.5. The Bertz CT molecular complexity index is 569. The normalized spacial score (nSPS) is 31.6. The van der Waals surface area contributed by atoms with Gasteiger partial charge in [0.2, 0.25) is 0 Å². The number of rotatable bonds is 1. The Balaban J connectivity index is 1.70. The summed E-state index contributed by atoms with van der Waals surface area (Å²) < 4.78 is 5.39. The van der Waals surface area contributed by atoms with Crippen LogP contribution in [0.4, 0.5) is 0 Å². The first-order valence-electron chi connectivity index (χ1n) is 8.13. The number of benzene rings is 1. The fourth-order valence-corrected chi connectivity index (χ4v) is 5.10. The monoisotopic (exact) mass is 268 g/mol. The molecule has 1 nitrogen and oxygen atoms in total. The van der Waals surface area contributed by atoms with Crippen molar-refractivity contribution in [2.45, 2.75) is 51.4 Å². The molecule has 0 spiro atoms. The maximum absolute atomic E-state index is 5.39. The predicted molar refractivity (Wildman–Crippen MR) is 82.2 cm³/mol. The van der Waals surface area contributed by atoms with Crippen molar-refractivity contribution in [1.82, 2.24) is 0 Å². The molecule has 1 saturated carbocycles. The molecule has 0 N–H and O–H groups in total. The van der Waals surface area contributed by atoms with Gasteiger partial charge in [-0.15, -0.1) is 0 Å². The summed E-state index contributed by atoms with van der Waals surface area (Å²) in [5, 5.41) is 0. The van der Waals surface area contributed by atoms with E-state index >= 15 is 0 Å². The van der Waals surface area contributed by atoms with Crippen molar-refractivity contribution >= 4 is 0 Å². The smallest absolute Gasteiger partial charge is 0.119 e. The molecule has 1 aromatic rings. The standard InChI is InChI=1S/C19H24O/c1-12-3-6-17-15(12)9-10-18-16-8-5-14(20-2)11-13(16)4-7-19(17)18/h5,8,11,17-19H,3-4,6-7,9-10H2,1-2H3/t17-,18-,19+/m0/s1. The Hall–Kier alpha value is -1.24.